The number of rotatable bonds is 5. The summed E-state index contributed by atoms with van der Waals surface area (Å²) in [7, 11) is 0. The molecule has 0 unspecified atom stereocenters. The number of fused-ring (bicyclic) bond motifs is 1. The molecule has 0 spiro atoms. The Labute approximate surface area is 165 Å². The van der Waals surface area contributed by atoms with Crippen LogP contribution in [0.4, 0.5) is 0 Å². The van der Waals surface area contributed by atoms with Crippen LogP contribution in [0.3, 0.4) is 0 Å². The van der Waals surface area contributed by atoms with Gasteiger partial charge in [0, 0.05) is 12.3 Å². The van der Waals surface area contributed by atoms with Crippen molar-refractivity contribution in [1.29, 1.82) is 0 Å². The maximum absolute atomic E-state index is 12.0. The van der Waals surface area contributed by atoms with E-state index in [1.807, 2.05) is 18.2 Å². The molecule has 0 bridgehead atoms. The number of thioether (sulfide) groups is 1. The van der Waals surface area contributed by atoms with Crippen molar-refractivity contribution in [3.8, 4) is 0 Å². The predicted molar refractivity (Wildman–Crippen MR) is 111 cm³/mol. The molecule has 6 nitrogen and oxygen atoms in total. The van der Waals surface area contributed by atoms with Gasteiger partial charge in [-0.15, -0.1) is 0 Å². The molecule has 8 heteroatoms. The number of thiocarbonyl (C=S) groups is 1. The van der Waals surface area contributed by atoms with Crippen LogP contribution in [0, 0.1) is 6.92 Å². The van der Waals surface area contributed by atoms with E-state index in [9.17, 15) is 9.59 Å². The second kappa shape index (κ2) is 8.32. The Kier molecular flexibility index (Phi) is 5.88. The van der Waals surface area contributed by atoms with Crippen LogP contribution in [0.1, 0.15) is 27.3 Å². The fourth-order valence-electron chi connectivity index (χ4n) is 2.53. The molecule has 0 aliphatic carbocycles. The van der Waals surface area contributed by atoms with Crippen molar-refractivity contribution in [3.05, 3.63) is 75.3 Å². The largest absolute Gasteiger partial charge is 0.478 e. The van der Waals surface area contributed by atoms with Crippen LogP contribution < -0.4 is 10.9 Å². The number of hydrogen-bond acceptors (Lipinski definition) is 5. The Hall–Kier alpha value is -2.71. The van der Waals surface area contributed by atoms with Crippen molar-refractivity contribution in [2.24, 2.45) is 0 Å². The molecule has 0 saturated carbocycles. The molecule has 0 aliphatic rings. The molecule has 0 atom stereocenters. The molecule has 0 amide bonds. The Morgan fingerprint density at radius 3 is 2.63 bits per heavy atom. The van der Waals surface area contributed by atoms with Crippen LogP contribution in [-0.4, -0.2) is 25.4 Å². The summed E-state index contributed by atoms with van der Waals surface area (Å²) in [5, 5.41) is 12.6. The molecular weight excluding hydrogens is 382 g/mol. The first-order valence-corrected chi connectivity index (χ1v) is 9.54. The van der Waals surface area contributed by atoms with Crippen molar-refractivity contribution < 1.29 is 9.90 Å². The zero-order valence-electron chi connectivity index (χ0n) is 14.5. The number of benzene rings is 2. The first kappa shape index (κ1) is 19.1. The number of nitrogens with zero attached hydrogens (tertiary/aromatic N) is 1. The highest BCUT2D eigenvalue weighted by atomic mass is 32.2. The number of carboxylic acids is 1. The lowest BCUT2D eigenvalue weighted by molar-refractivity contribution is 0.0697. The SMILES string of the molecule is Cc1nc2ccc(CSC(=S)NCc3ccc(C(=O)O)cc3)cc2c(=O)[nH]1. The summed E-state index contributed by atoms with van der Waals surface area (Å²) >= 11 is 6.80. The van der Waals surface area contributed by atoms with E-state index in [4.69, 9.17) is 17.3 Å². The average Bonchev–Trinajstić information content (AvgIpc) is 2.65. The first-order valence-electron chi connectivity index (χ1n) is 8.15. The van der Waals surface area contributed by atoms with Gasteiger partial charge in [0.15, 0.2) is 0 Å². The number of aromatic carboxylic acids is 1. The van der Waals surface area contributed by atoms with Gasteiger partial charge >= 0.3 is 5.97 Å². The molecule has 0 saturated heterocycles. The maximum Gasteiger partial charge on any atom is 0.335 e. The number of hydrogen-bond donors (Lipinski definition) is 3. The molecule has 138 valence electrons. The number of carbonyl (C=O) groups is 1. The van der Waals surface area contributed by atoms with Crippen molar-refractivity contribution >= 4 is 45.2 Å². The van der Waals surface area contributed by atoms with Gasteiger partial charge in [-0.25, -0.2) is 9.78 Å². The quantitative estimate of drug-likeness (QED) is 0.567. The lowest BCUT2D eigenvalue weighted by atomic mass is 10.1. The lowest BCUT2D eigenvalue weighted by Crippen LogP contribution is -2.17. The van der Waals surface area contributed by atoms with Gasteiger partial charge in [-0.2, -0.15) is 0 Å². The molecule has 1 aromatic heterocycles. The van der Waals surface area contributed by atoms with E-state index in [0.717, 1.165) is 11.1 Å². The van der Waals surface area contributed by atoms with Crippen LogP contribution in [0.25, 0.3) is 10.9 Å². The van der Waals surface area contributed by atoms with Crippen LogP contribution >= 0.6 is 24.0 Å². The monoisotopic (exact) mass is 399 g/mol. The van der Waals surface area contributed by atoms with Crippen molar-refractivity contribution in [3.63, 3.8) is 0 Å². The van der Waals surface area contributed by atoms with Gasteiger partial charge in [-0.1, -0.05) is 42.2 Å². The molecule has 3 rings (SSSR count). The topological polar surface area (TPSA) is 95.1 Å². The lowest BCUT2D eigenvalue weighted by Gasteiger charge is -2.08. The standard InChI is InChI=1S/C19H17N3O3S2/c1-11-21-16-7-4-13(8-15(16)17(23)22-11)10-27-19(26)20-9-12-2-5-14(6-3-12)18(24)25/h2-8H,9-10H2,1H3,(H,20,26)(H,24,25)(H,21,22,23). The predicted octanol–water partition coefficient (Wildman–Crippen LogP) is 3.24. The molecule has 0 radical (unpaired) electrons. The summed E-state index contributed by atoms with van der Waals surface area (Å²) in [5.74, 6) is 0.282. The molecule has 1 heterocycles. The Morgan fingerprint density at radius 1 is 1.22 bits per heavy atom. The highest BCUT2D eigenvalue weighted by Gasteiger charge is 2.06. The molecule has 3 N–H and O–H groups in total. The van der Waals surface area contributed by atoms with Gasteiger partial charge in [-0.3, -0.25) is 4.79 Å². The van der Waals surface area contributed by atoms with Crippen LogP contribution in [0.2, 0.25) is 0 Å². The van der Waals surface area contributed by atoms with Gasteiger partial charge in [0.2, 0.25) is 0 Å². The molecule has 2 aromatic carbocycles. The third kappa shape index (κ3) is 4.93. The number of H-pyrrole nitrogens is 1. The molecule has 3 aromatic rings. The normalized spacial score (nSPS) is 10.7. The number of carboxylic acid groups (broad SMARTS) is 1. The highest BCUT2D eigenvalue weighted by molar-refractivity contribution is 8.22. The van der Waals surface area contributed by atoms with E-state index in [1.54, 1.807) is 31.2 Å². The highest BCUT2D eigenvalue weighted by Crippen LogP contribution is 2.17. The third-order valence-corrected chi connectivity index (χ3v) is 5.28. The van der Waals surface area contributed by atoms with Gasteiger partial charge in [0.25, 0.3) is 5.56 Å². The third-order valence-electron chi connectivity index (χ3n) is 3.90. The summed E-state index contributed by atoms with van der Waals surface area (Å²) in [4.78, 5) is 29.9. The van der Waals surface area contributed by atoms with E-state index in [2.05, 4.69) is 15.3 Å². The Morgan fingerprint density at radius 2 is 1.93 bits per heavy atom. The maximum atomic E-state index is 12.0. The average molecular weight is 399 g/mol. The molecule has 27 heavy (non-hydrogen) atoms. The van der Waals surface area contributed by atoms with Gasteiger partial charge in [0.05, 0.1) is 16.5 Å². The fraction of sp³-hybridized carbons (Fsp3) is 0.158. The zero-order chi connectivity index (χ0) is 19.4. The summed E-state index contributed by atoms with van der Waals surface area (Å²) in [6.07, 6.45) is 0. The van der Waals surface area contributed by atoms with Gasteiger partial charge in [-0.05, 0) is 42.3 Å². The number of aromatic amines is 1. The number of nitrogens with one attached hydrogen (secondary N) is 2. The van der Waals surface area contributed by atoms with Crippen molar-refractivity contribution in [1.82, 2.24) is 15.3 Å². The molecule has 0 fully saturated rings. The van der Waals surface area contributed by atoms with Crippen LogP contribution in [0.15, 0.2) is 47.3 Å². The summed E-state index contributed by atoms with van der Waals surface area (Å²) in [6.45, 7) is 2.27. The Bertz CT molecular complexity index is 1060. The first-order chi connectivity index (χ1) is 12.9. The Balaban J connectivity index is 1.56. The fourth-order valence-corrected chi connectivity index (χ4v) is 3.43. The minimum absolute atomic E-state index is 0.144. The van der Waals surface area contributed by atoms with Gasteiger partial charge < -0.3 is 15.4 Å². The number of aryl methyl sites for hydroxylation is 1. The van der Waals surface area contributed by atoms with E-state index in [-0.39, 0.29) is 11.1 Å². The van der Waals surface area contributed by atoms with Crippen molar-refractivity contribution in [2.45, 2.75) is 19.2 Å². The van der Waals surface area contributed by atoms with E-state index >= 15 is 0 Å². The van der Waals surface area contributed by atoms with E-state index < -0.39 is 5.97 Å². The summed E-state index contributed by atoms with van der Waals surface area (Å²) < 4.78 is 0.633. The minimum atomic E-state index is -0.944. The van der Waals surface area contributed by atoms with E-state index in [0.29, 0.717) is 33.3 Å². The minimum Gasteiger partial charge on any atom is -0.478 e. The summed E-state index contributed by atoms with van der Waals surface area (Å²) in [6, 6.07) is 12.3. The van der Waals surface area contributed by atoms with Crippen LogP contribution in [0.5, 0.6) is 0 Å². The van der Waals surface area contributed by atoms with Crippen LogP contribution in [-0.2, 0) is 12.3 Å². The van der Waals surface area contributed by atoms with Crippen molar-refractivity contribution in [2.75, 3.05) is 0 Å². The molecular formula is C19H17N3O3S2. The number of aromatic nitrogens is 2. The van der Waals surface area contributed by atoms with Gasteiger partial charge in [0.1, 0.15) is 10.1 Å². The smallest absolute Gasteiger partial charge is 0.335 e. The van der Waals surface area contributed by atoms with E-state index in [1.165, 1.54) is 11.8 Å². The second-order valence-electron chi connectivity index (χ2n) is 5.93. The zero-order valence-corrected chi connectivity index (χ0v) is 16.1. The molecule has 0 aliphatic heterocycles. The second-order valence-corrected chi connectivity index (χ2v) is 7.59. The summed E-state index contributed by atoms with van der Waals surface area (Å²) in [5.41, 5.74) is 2.72.